The number of imidazole rings is 1. The predicted molar refractivity (Wildman–Crippen MR) is 103 cm³/mol. The van der Waals surface area contributed by atoms with Crippen molar-refractivity contribution >= 4 is 28.8 Å². The Morgan fingerprint density at radius 2 is 1.83 bits per heavy atom. The molecule has 0 aliphatic heterocycles. The highest BCUT2D eigenvalue weighted by Crippen LogP contribution is 2.39. The Morgan fingerprint density at radius 3 is 2.52 bits per heavy atom. The van der Waals surface area contributed by atoms with E-state index in [1.54, 1.807) is 25.1 Å². The second-order valence-corrected chi connectivity index (χ2v) is 6.73. The van der Waals surface area contributed by atoms with E-state index in [1.165, 1.54) is 24.4 Å². The lowest BCUT2D eigenvalue weighted by Crippen LogP contribution is -2.13. The minimum atomic E-state index is -4.65. The summed E-state index contributed by atoms with van der Waals surface area (Å²) in [4.78, 5) is 7.95. The van der Waals surface area contributed by atoms with Crippen molar-refractivity contribution in [2.75, 3.05) is 5.32 Å². The fourth-order valence-corrected chi connectivity index (χ4v) is 3.36. The van der Waals surface area contributed by atoms with E-state index in [-0.39, 0.29) is 22.7 Å². The SMILES string of the molecule is Cc1cccc(Cl)c1Nc1c(-c2ccncc2F)nc2cccc(C(F)(F)F)n12. The van der Waals surface area contributed by atoms with Crippen LogP contribution >= 0.6 is 11.6 Å². The number of fused-ring (bicyclic) bond motifs is 1. The van der Waals surface area contributed by atoms with Crippen LogP contribution in [0.1, 0.15) is 11.3 Å². The Morgan fingerprint density at radius 1 is 1.07 bits per heavy atom. The molecule has 0 amide bonds. The number of aromatic nitrogens is 3. The summed E-state index contributed by atoms with van der Waals surface area (Å²) in [5.41, 5.74) is 0.209. The Hall–Kier alpha value is -3.13. The smallest absolute Gasteiger partial charge is 0.338 e. The van der Waals surface area contributed by atoms with Crippen molar-refractivity contribution in [3.05, 3.63) is 77.0 Å². The molecule has 29 heavy (non-hydrogen) atoms. The second-order valence-electron chi connectivity index (χ2n) is 6.32. The molecule has 0 atom stereocenters. The van der Waals surface area contributed by atoms with Crippen molar-refractivity contribution in [1.82, 2.24) is 14.4 Å². The van der Waals surface area contributed by atoms with Gasteiger partial charge in [-0.25, -0.2) is 9.37 Å². The molecule has 1 N–H and O–H groups in total. The van der Waals surface area contributed by atoms with E-state index in [0.29, 0.717) is 16.3 Å². The van der Waals surface area contributed by atoms with Gasteiger partial charge in [-0.1, -0.05) is 29.8 Å². The molecule has 0 radical (unpaired) electrons. The average Bonchev–Trinajstić information content (AvgIpc) is 3.02. The molecule has 4 aromatic rings. The molecule has 148 valence electrons. The maximum Gasteiger partial charge on any atom is 0.431 e. The molecular formula is C20H13ClF4N4. The first-order valence-corrected chi connectivity index (χ1v) is 8.86. The normalized spacial score (nSPS) is 11.8. The van der Waals surface area contributed by atoms with Gasteiger partial charge in [0.2, 0.25) is 0 Å². The minimum absolute atomic E-state index is 0.0123. The molecule has 3 heterocycles. The van der Waals surface area contributed by atoms with E-state index in [0.717, 1.165) is 16.7 Å². The Balaban J connectivity index is 2.06. The zero-order valence-electron chi connectivity index (χ0n) is 14.9. The van der Waals surface area contributed by atoms with Gasteiger partial charge >= 0.3 is 6.18 Å². The molecule has 0 spiro atoms. The van der Waals surface area contributed by atoms with Gasteiger partial charge in [0.05, 0.1) is 16.9 Å². The van der Waals surface area contributed by atoms with Crippen molar-refractivity contribution in [3.63, 3.8) is 0 Å². The lowest BCUT2D eigenvalue weighted by molar-refractivity contribution is -0.141. The molecule has 0 bridgehead atoms. The number of hydrogen-bond donors (Lipinski definition) is 1. The molecule has 3 aromatic heterocycles. The van der Waals surface area contributed by atoms with Gasteiger partial charge < -0.3 is 5.32 Å². The average molecular weight is 421 g/mol. The van der Waals surface area contributed by atoms with Crippen molar-refractivity contribution in [2.45, 2.75) is 13.1 Å². The van der Waals surface area contributed by atoms with E-state index in [1.807, 2.05) is 0 Å². The standard InChI is InChI=1S/C20H13ClF4N4/c1-11-4-2-5-13(21)17(11)28-19-18(12-8-9-26-10-14(12)22)27-16-7-3-6-15(29(16)19)20(23,24)25/h2-10,28H,1H3. The van der Waals surface area contributed by atoms with Gasteiger partial charge in [-0.05, 0) is 36.8 Å². The van der Waals surface area contributed by atoms with Crippen molar-refractivity contribution in [3.8, 4) is 11.3 Å². The molecule has 1 aromatic carbocycles. The number of nitrogens with one attached hydrogen (secondary N) is 1. The number of aryl methyl sites for hydroxylation is 1. The fraction of sp³-hybridized carbons (Fsp3) is 0.100. The first-order chi connectivity index (χ1) is 13.8. The van der Waals surface area contributed by atoms with Crippen LogP contribution in [0.25, 0.3) is 16.9 Å². The van der Waals surface area contributed by atoms with E-state index in [2.05, 4.69) is 15.3 Å². The van der Waals surface area contributed by atoms with Crippen LogP contribution in [0.3, 0.4) is 0 Å². The number of para-hydroxylation sites is 1. The molecular weight excluding hydrogens is 408 g/mol. The number of pyridine rings is 2. The molecule has 0 aliphatic carbocycles. The first kappa shape index (κ1) is 19.2. The quantitative estimate of drug-likeness (QED) is 0.398. The highest BCUT2D eigenvalue weighted by atomic mass is 35.5. The summed E-state index contributed by atoms with van der Waals surface area (Å²) in [6.07, 6.45) is -2.33. The number of anilines is 2. The summed E-state index contributed by atoms with van der Waals surface area (Å²) in [6.45, 7) is 1.76. The molecule has 0 unspecified atom stereocenters. The molecule has 0 saturated carbocycles. The topological polar surface area (TPSA) is 42.2 Å². The maximum absolute atomic E-state index is 14.4. The fourth-order valence-electron chi connectivity index (χ4n) is 3.09. The molecule has 0 fully saturated rings. The summed E-state index contributed by atoms with van der Waals surface area (Å²) < 4.78 is 56.4. The molecule has 0 saturated heterocycles. The van der Waals surface area contributed by atoms with Gasteiger partial charge in [-0.15, -0.1) is 0 Å². The van der Waals surface area contributed by atoms with Crippen LogP contribution in [0.15, 0.2) is 54.9 Å². The number of hydrogen-bond acceptors (Lipinski definition) is 3. The summed E-state index contributed by atoms with van der Waals surface area (Å²) in [6, 6.07) is 10.1. The van der Waals surface area contributed by atoms with Crippen LogP contribution in [-0.4, -0.2) is 14.4 Å². The van der Waals surface area contributed by atoms with Crippen LogP contribution < -0.4 is 5.32 Å². The van der Waals surface area contributed by atoms with Gasteiger partial charge in [0.15, 0.2) is 5.82 Å². The lowest BCUT2D eigenvalue weighted by Gasteiger charge is -2.16. The largest absolute Gasteiger partial charge is 0.431 e. The van der Waals surface area contributed by atoms with Crippen LogP contribution in [0.5, 0.6) is 0 Å². The summed E-state index contributed by atoms with van der Waals surface area (Å²) >= 11 is 6.26. The monoisotopic (exact) mass is 420 g/mol. The number of rotatable bonds is 3. The van der Waals surface area contributed by atoms with Gasteiger partial charge in [-0.3, -0.25) is 9.38 Å². The van der Waals surface area contributed by atoms with Gasteiger partial charge in [0.1, 0.15) is 22.9 Å². The zero-order chi connectivity index (χ0) is 20.8. The Labute approximate surface area is 167 Å². The molecule has 4 rings (SSSR count). The molecule has 4 nitrogen and oxygen atoms in total. The number of nitrogens with zero attached hydrogens (tertiary/aromatic N) is 3. The summed E-state index contributed by atoms with van der Waals surface area (Å²) in [5.74, 6) is -0.752. The third-order valence-corrected chi connectivity index (χ3v) is 4.74. The first-order valence-electron chi connectivity index (χ1n) is 8.48. The van der Waals surface area contributed by atoms with E-state index in [9.17, 15) is 17.6 Å². The highest BCUT2D eigenvalue weighted by Gasteiger charge is 2.35. The van der Waals surface area contributed by atoms with Crippen LogP contribution in [-0.2, 0) is 6.18 Å². The lowest BCUT2D eigenvalue weighted by atomic mass is 10.1. The zero-order valence-corrected chi connectivity index (χ0v) is 15.7. The number of benzene rings is 1. The molecule has 9 heteroatoms. The maximum atomic E-state index is 14.4. The van der Waals surface area contributed by atoms with Crippen molar-refractivity contribution < 1.29 is 17.6 Å². The van der Waals surface area contributed by atoms with Crippen molar-refractivity contribution in [2.24, 2.45) is 0 Å². The van der Waals surface area contributed by atoms with Crippen LogP contribution in [0.2, 0.25) is 5.02 Å². The van der Waals surface area contributed by atoms with E-state index < -0.39 is 17.7 Å². The Kier molecular flexibility index (Phi) is 4.66. The van der Waals surface area contributed by atoms with Gasteiger partial charge in [0.25, 0.3) is 0 Å². The van der Waals surface area contributed by atoms with E-state index in [4.69, 9.17) is 11.6 Å². The highest BCUT2D eigenvalue weighted by molar-refractivity contribution is 6.33. The van der Waals surface area contributed by atoms with Crippen LogP contribution in [0.4, 0.5) is 29.1 Å². The number of alkyl halides is 3. The van der Waals surface area contributed by atoms with Gasteiger partial charge in [0, 0.05) is 11.8 Å². The third-order valence-electron chi connectivity index (χ3n) is 4.43. The minimum Gasteiger partial charge on any atom is -0.338 e. The van der Waals surface area contributed by atoms with E-state index >= 15 is 0 Å². The predicted octanol–water partition coefficient (Wildman–Crippen LogP) is 6.26. The molecule has 0 aliphatic rings. The Bertz CT molecular complexity index is 1200. The summed E-state index contributed by atoms with van der Waals surface area (Å²) in [7, 11) is 0. The number of halogens is 5. The second kappa shape index (κ2) is 7.04. The van der Waals surface area contributed by atoms with Gasteiger partial charge in [-0.2, -0.15) is 13.2 Å². The summed E-state index contributed by atoms with van der Waals surface area (Å²) in [5, 5.41) is 3.26. The van der Waals surface area contributed by atoms with Crippen LogP contribution in [0, 0.1) is 12.7 Å². The third kappa shape index (κ3) is 3.40. The van der Waals surface area contributed by atoms with Crippen molar-refractivity contribution in [1.29, 1.82) is 0 Å².